The highest BCUT2D eigenvalue weighted by Gasteiger charge is 2.36. The van der Waals surface area contributed by atoms with Crippen LogP contribution in [0.25, 0.3) is 9.88 Å². The summed E-state index contributed by atoms with van der Waals surface area (Å²) in [5, 5.41) is 3.08. The maximum Gasteiger partial charge on any atom is 0.164 e. The van der Waals surface area contributed by atoms with Crippen molar-refractivity contribution in [2.75, 3.05) is 0 Å². The summed E-state index contributed by atoms with van der Waals surface area (Å²) in [6.45, 7) is 6.56. The number of aromatic nitrogens is 1. The Balaban J connectivity index is 2.18. The molecule has 0 aliphatic heterocycles. The predicted octanol–water partition coefficient (Wildman–Crippen LogP) is 4.98. The fourth-order valence-corrected chi connectivity index (χ4v) is 5.19. The van der Waals surface area contributed by atoms with Crippen molar-refractivity contribution in [3.05, 3.63) is 27.6 Å². The lowest BCUT2D eigenvalue weighted by molar-refractivity contribution is 0.0912. The van der Waals surface area contributed by atoms with E-state index in [2.05, 4.69) is 25.8 Å². The molecule has 0 bridgehead atoms. The van der Waals surface area contributed by atoms with Crippen molar-refractivity contribution >= 4 is 28.5 Å². The van der Waals surface area contributed by atoms with Gasteiger partial charge in [-0.3, -0.25) is 4.79 Å². The Hall–Kier alpha value is -1.00. The van der Waals surface area contributed by atoms with E-state index in [0.29, 0.717) is 12.2 Å². The van der Waals surface area contributed by atoms with Gasteiger partial charge in [0, 0.05) is 28.4 Å². The lowest BCUT2D eigenvalue weighted by Crippen LogP contribution is -2.26. The summed E-state index contributed by atoms with van der Waals surface area (Å²) < 4.78 is 0. The average molecular weight is 305 g/mol. The van der Waals surface area contributed by atoms with E-state index in [4.69, 9.17) is 0 Å². The maximum atomic E-state index is 12.6. The van der Waals surface area contributed by atoms with E-state index in [1.807, 2.05) is 11.6 Å². The summed E-state index contributed by atoms with van der Waals surface area (Å²) in [6, 6.07) is 0. The normalized spacial score (nSPS) is 17.2. The quantitative estimate of drug-likeness (QED) is 0.800. The Morgan fingerprint density at radius 1 is 1.35 bits per heavy atom. The first-order valence-electron chi connectivity index (χ1n) is 7.09. The second-order valence-electron chi connectivity index (χ2n) is 6.24. The standard InChI is InChI=1S/C16H19NOS2/c1-4-5-12-13-10(8-16(2,3)9-11(13)18)14(20-12)15-17-6-7-19-15/h6-7H,4-5,8-9H2,1-3H3. The smallest absolute Gasteiger partial charge is 0.164 e. The van der Waals surface area contributed by atoms with Crippen LogP contribution >= 0.6 is 22.7 Å². The van der Waals surface area contributed by atoms with Crippen LogP contribution in [0.3, 0.4) is 0 Å². The number of thiophene rings is 1. The lowest BCUT2D eigenvalue weighted by Gasteiger charge is -2.29. The van der Waals surface area contributed by atoms with Crippen molar-refractivity contribution in [2.24, 2.45) is 5.41 Å². The van der Waals surface area contributed by atoms with Gasteiger partial charge in [0.1, 0.15) is 5.01 Å². The lowest BCUT2D eigenvalue weighted by atomic mass is 9.73. The number of aryl methyl sites for hydroxylation is 1. The molecule has 2 aromatic heterocycles. The number of thiazole rings is 1. The second-order valence-corrected chi connectivity index (χ2v) is 8.24. The van der Waals surface area contributed by atoms with Gasteiger partial charge < -0.3 is 0 Å². The van der Waals surface area contributed by atoms with Crippen LogP contribution in [0.4, 0.5) is 0 Å². The first-order valence-corrected chi connectivity index (χ1v) is 8.79. The highest BCUT2D eigenvalue weighted by Crippen LogP contribution is 2.46. The Morgan fingerprint density at radius 3 is 2.80 bits per heavy atom. The SMILES string of the molecule is CCCc1sc(-c2nccs2)c2c1C(=O)CC(C)(C)C2. The molecule has 0 saturated heterocycles. The van der Waals surface area contributed by atoms with Crippen molar-refractivity contribution in [3.8, 4) is 9.88 Å². The second kappa shape index (κ2) is 5.08. The molecule has 3 rings (SSSR count). The number of Topliss-reactive ketones (excluding diaryl/α,β-unsaturated/α-hetero) is 1. The number of hydrogen-bond donors (Lipinski definition) is 0. The Morgan fingerprint density at radius 2 is 2.15 bits per heavy atom. The molecule has 106 valence electrons. The van der Waals surface area contributed by atoms with E-state index in [1.54, 1.807) is 22.7 Å². The van der Waals surface area contributed by atoms with Gasteiger partial charge in [0.25, 0.3) is 0 Å². The largest absolute Gasteiger partial charge is 0.294 e. The molecular formula is C16H19NOS2. The molecule has 2 heterocycles. The molecule has 1 aliphatic carbocycles. The fourth-order valence-electron chi connectivity index (χ4n) is 2.99. The number of rotatable bonds is 3. The zero-order valence-corrected chi connectivity index (χ0v) is 13.8. The van der Waals surface area contributed by atoms with Gasteiger partial charge in [0.15, 0.2) is 5.78 Å². The van der Waals surface area contributed by atoms with Gasteiger partial charge in [0.05, 0.1) is 4.88 Å². The molecule has 0 unspecified atom stereocenters. The van der Waals surface area contributed by atoms with E-state index in [9.17, 15) is 4.79 Å². The molecule has 4 heteroatoms. The summed E-state index contributed by atoms with van der Waals surface area (Å²) in [5.41, 5.74) is 2.36. The summed E-state index contributed by atoms with van der Waals surface area (Å²) in [4.78, 5) is 19.5. The first kappa shape index (κ1) is 14.0. The minimum atomic E-state index is 0.0701. The molecule has 0 N–H and O–H groups in total. The van der Waals surface area contributed by atoms with Crippen LogP contribution in [-0.4, -0.2) is 10.8 Å². The number of ketones is 1. The highest BCUT2D eigenvalue weighted by atomic mass is 32.1. The monoisotopic (exact) mass is 305 g/mol. The molecule has 0 atom stereocenters. The zero-order chi connectivity index (χ0) is 14.3. The average Bonchev–Trinajstić information content (AvgIpc) is 2.95. The van der Waals surface area contributed by atoms with Crippen molar-refractivity contribution in [1.82, 2.24) is 4.98 Å². The summed E-state index contributed by atoms with van der Waals surface area (Å²) in [6.07, 6.45) is 5.60. The number of nitrogens with zero attached hydrogens (tertiary/aromatic N) is 1. The molecule has 0 spiro atoms. The van der Waals surface area contributed by atoms with Gasteiger partial charge in [-0.05, 0) is 23.8 Å². The number of carbonyl (C=O) groups is 1. The molecule has 0 radical (unpaired) electrons. The molecule has 2 nitrogen and oxygen atoms in total. The van der Waals surface area contributed by atoms with Crippen LogP contribution in [0.2, 0.25) is 0 Å². The van der Waals surface area contributed by atoms with Crippen LogP contribution in [0.15, 0.2) is 11.6 Å². The summed E-state index contributed by atoms with van der Waals surface area (Å²) in [5.74, 6) is 0.332. The first-order chi connectivity index (χ1) is 9.52. The van der Waals surface area contributed by atoms with E-state index in [-0.39, 0.29) is 5.41 Å². The third-order valence-electron chi connectivity index (χ3n) is 3.76. The highest BCUT2D eigenvalue weighted by molar-refractivity contribution is 7.21. The fraction of sp³-hybridized carbons (Fsp3) is 0.500. The van der Waals surface area contributed by atoms with Crippen LogP contribution < -0.4 is 0 Å². The topological polar surface area (TPSA) is 30.0 Å². The summed E-state index contributed by atoms with van der Waals surface area (Å²) >= 11 is 3.46. The molecule has 0 fully saturated rings. The molecule has 1 aliphatic rings. The number of fused-ring (bicyclic) bond motifs is 1. The van der Waals surface area contributed by atoms with E-state index < -0.39 is 0 Å². The van der Waals surface area contributed by atoms with Crippen LogP contribution in [0.5, 0.6) is 0 Å². The maximum absolute atomic E-state index is 12.6. The number of carbonyl (C=O) groups excluding carboxylic acids is 1. The van der Waals surface area contributed by atoms with E-state index in [1.165, 1.54) is 15.3 Å². The van der Waals surface area contributed by atoms with Crippen molar-refractivity contribution in [2.45, 2.75) is 46.5 Å². The van der Waals surface area contributed by atoms with Crippen LogP contribution in [-0.2, 0) is 12.8 Å². The van der Waals surface area contributed by atoms with Gasteiger partial charge in [-0.1, -0.05) is 27.2 Å². The minimum Gasteiger partial charge on any atom is -0.294 e. The van der Waals surface area contributed by atoms with E-state index >= 15 is 0 Å². The summed E-state index contributed by atoms with van der Waals surface area (Å²) in [7, 11) is 0. The van der Waals surface area contributed by atoms with Gasteiger partial charge >= 0.3 is 0 Å². The third-order valence-corrected chi connectivity index (χ3v) is 5.98. The number of hydrogen-bond acceptors (Lipinski definition) is 4. The Labute approximate surface area is 127 Å². The van der Waals surface area contributed by atoms with Gasteiger partial charge in [-0.15, -0.1) is 22.7 Å². The van der Waals surface area contributed by atoms with E-state index in [0.717, 1.165) is 29.8 Å². The Bertz CT molecular complexity index is 638. The van der Waals surface area contributed by atoms with Crippen molar-refractivity contribution in [1.29, 1.82) is 0 Å². The molecular weight excluding hydrogens is 286 g/mol. The van der Waals surface area contributed by atoms with Crippen LogP contribution in [0.1, 0.15) is 54.4 Å². The van der Waals surface area contributed by atoms with Crippen molar-refractivity contribution in [3.63, 3.8) is 0 Å². The van der Waals surface area contributed by atoms with Gasteiger partial charge in [-0.2, -0.15) is 0 Å². The Kier molecular flexibility index (Phi) is 3.55. The van der Waals surface area contributed by atoms with Crippen molar-refractivity contribution < 1.29 is 4.79 Å². The van der Waals surface area contributed by atoms with Crippen LogP contribution in [0, 0.1) is 5.41 Å². The van der Waals surface area contributed by atoms with Gasteiger partial charge in [0.2, 0.25) is 0 Å². The molecule has 0 aromatic carbocycles. The molecule has 2 aromatic rings. The zero-order valence-electron chi connectivity index (χ0n) is 12.2. The molecule has 0 amide bonds. The third kappa shape index (κ3) is 2.35. The van der Waals surface area contributed by atoms with Gasteiger partial charge in [-0.25, -0.2) is 4.98 Å². The predicted molar refractivity (Wildman–Crippen MR) is 85.9 cm³/mol. The molecule has 20 heavy (non-hydrogen) atoms. The molecule has 0 saturated carbocycles. The minimum absolute atomic E-state index is 0.0701.